The summed E-state index contributed by atoms with van der Waals surface area (Å²) in [5, 5.41) is 9.89. The molecule has 2 rings (SSSR count). The van der Waals surface area contributed by atoms with Crippen LogP contribution in [0.25, 0.3) is 0 Å². The lowest BCUT2D eigenvalue weighted by atomic mass is 9.96. The number of rotatable bonds is 7. The van der Waals surface area contributed by atoms with Gasteiger partial charge in [-0.25, -0.2) is 0 Å². The van der Waals surface area contributed by atoms with Crippen LogP contribution in [-0.2, 0) is 0 Å². The molecule has 0 aliphatic carbocycles. The van der Waals surface area contributed by atoms with Crippen molar-refractivity contribution >= 4 is 17.4 Å². The van der Waals surface area contributed by atoms with Crippen LogP contribution in [0, 0.1) is 0 Å². The molecule has 0 bridgehead atoms. The van der Waals surface area contributed by atoms with E-state index >= 15 is 0 Å². The van der Waals surface area contributed by atoms with Crippen molar-refractivity contribution in [3.63, 3.8) is 0 Å². The summed E-state index contributed by atoms with van der Waals surface area (Å²) in [6, 6.07) is 16.2. The zero-order valence-electron chi connectivity index (χ0n) is 12.6. The first-order chi connectivity index (χ1) is 10.7. The molecular weight excluding hydrogens is 298 g/mol. The number of benzene rings is 2. The number of aliphatic hydroxyl groups is 1. The van der Waals surface area contributed by atoms with E-state index < -0.39 is 6.04 Å². The Morgan fingerprint density at radius 3 is 2.32 bits per heavy atom. The molecule has 116 valence electrons. The summed E-state index contributed by atoms with van der Waals surface area (Å²) in [5.74, 6) is 0.0122. The zero-order valence-corrected chi connectivity index (χ0v) is 13.3. The molecule has 1 N–H and O–H groups in total. The number of nitrogens with zero attached hydrogens (tertiary/aromatic N) is 1. The minimum Gasteiger partial charge on any atom is -0.395 e. The molecule has 0 unspecified atom stereocenters. The highest BCUT2D eigenvalue weighted by Gasteiger charge is 2.27. The van der Waals surface area contributed by atoms with E-state index in [1.807, 2.05) is 42.2 Å². The van der Waals surface area contributed by atoms with Gasteiger partial charge >= 0.3 is 0 Å². The molecule has 2 aromatic rings. The van der Waals surface area contributed by atoms with Crippen molar-refractivity contribution in [3.8, 4) is 0 Å². The summed E-state index contributed by atoms with van der Waals surface area (Å²) >= 11 is 5.90. The normalized spacial score (nSPS) is 12.4. The molecule has 0 heterocycles. The summed E-state index contributed by atoms with van der Waals surface area (Å²) in [7, 11) is 0. The lowest BCUT2D eigenvalue weighted by Crippen LogP contribution is -2.36. The van der Waals surface area contributed by atoms with E-state index in [4.69, 9.17) is 11.6 Å². The molecule has 0 aromatic heterocycles. The molecule has 1 atom stereocenters. The minimum absolute atomic E-state index is 0.0122. The predicted octanol–water partition coefficient (Wildman–Crippen LogP) is 3.58. The first-order valence-electron chi connectivity index (χ1n) is 7.37. The second-order valence-electron chi connectivity index (χ2n) is 5.04. The number of Topliss-reactive ketones (excluding diaryl/α,β-unsaturated/α-hetero) is 1. The van der Waals surface area contributed by atoms with Crippen LogP contribution < -0.4 is 0 Å². The summed E-state index contributed by atoms with van der Waals surface area (Å²) < 4.78 is 0. The SMILES string of the molecule is CCN(CCO)[C@@H](C(=O)c1ccc(Cl)cc1)c1ccccc1. The van der Waals surface area contributed by atoms with Gasteiger partial charge in [-0.2, -0.15) is 0 Å². The van der Waals surface area contributed by atoms with Crippen LogP contribution in [-0.4, -0.2) is 35.5 Å². The van der Waals surface area contributed by atoms with E-state index in [1.165, 1.54) is 0 Å². The van der Waals surface area contributed by atoms with Gasteiger partial charge in [0, 0.05) is 17.1 Å². The van der Waals surface area contributed by atoms with Crippen molar-refractivity contribution < 1.29 is 9.90 Å². The average Bonchev–Trinajstić information content (AvgIpc) is 2.56. The number of halogens is 1. The highest BCUT2D eigenvalue weighted by Crippen LogP contribution is 2.25. The summed E-state index contributed by atoms with van der Waals surface area (Å²) in [6.45, 7) is 3.14. The van der Waals surface area contributed by atoms with E-state index in [0.29, 0.717) is 23.7 Å². The molecule has 0 amide bonds. The maximum absolute atomic E-state index is 13.0. The Balaban J connectivity index is 2.39. The van der Waals surface area contributed by atoms with Crippen molar-refractivity contribution in [1.82, 2.24) is 4.90 Å². The Kier molecular flexibility index (Phi) is 6.13. The van der Waals surface area contributed by atoms with Crippen LogP contribution in [0.5, 0.6) is 0 Å². The fraction of sp³-hybridized carbons (Fsp3) is 0.278. The second kappa shape index (κ2) is 8.08. The van der Waals surface area contributed by atoms with Crippen molar-refractivity contribution in [2.45, 2.75) is 13.0 Å². The molecule has 0 radical (unpaired) electrons. The number of hydrogen-bond acceptors (Lipinski definition) is 3. The molecular formula is C18H20ClNO2. The standard InChI is InChI=1S/C18H20ClNO2/c1-2-20(12-13-21)17(14-6-4-3-5-7-14)18(22)15-8-10-16(19)11-9-15/h3-11,17,21H,2,12-13H2,1H3/t17-/m1/s1. The van der Waals surface area contributed by atoms with Gasteiger partial charge in [0.05, 0.1) is 12.6 Å². The van der Waals surface area contributed by atoms with Crippen LogP contribution in [0.15, 0.2) is 54.6 Å². The maximum Gasteiger partial charge on any atom is 0.184 e. The van der Waals surface area contributed by atoms with E-state index in [9.17, 15) is 9.90 Å². The third-order valence-electron chi connectivity index (χ3n) is 3.65. The average molecular weight is 318 g/mol. The Morgan fingerprint density at radius 1 is 1.14 bits per heavy atom. The number of likely N-dealkylation sites (N-methyl/N-ethyl adjacent to an activating group) is 1. The molecule has 3 nitrogen and oxygen atoms in total. The van der Waals surface area contributed by atoms with E-state index in [1.54, 1.807) is 24.3 Å². The Bertz CT molecular complexity index is 598. The maximum atomic E-state index is 13.0. The van der Waals surface area contributed by atoms with Crippen molar-refractivity contribution in [3.05, 3.63) is 70.7 Å². The van der Waals surface area contributed by atoms with Crippen LogP contribution in [0.1, 0.15) is 28.9 Å². The number of ketones is 1. The molecule has 0 aliphatic heterocycles. The van der Waals surface area contributed by atoms with Gasteiger partial charge in [-0.3, -0.25) is 9.69 Å². The third-order valence-corrected chi connectivity index (χ3v) is 3.90. The highest BCUT2D eigenvalue weighted by atomic mass is 35.5. The first kappa shape index (κ1) is 16.7. The topological polar surface area (TPSA) is 40.5 Å². The van der Waals surface area contributed by atoms with Crippen LogP contribution in [0.2, 0.25) is 5.02 Å². The second-order valence-corrected chi connectivity index (χ2v) is 5.47. The quantitative estimate of drug-likeness (QED) is 0.794. The largest absolute Gasteiger partial charge is 0.395 e. The van der Waals surface area contributed by atoms with Crippen LogP contribution in [0.4, 0.5) is 0 Å². The summed E-state index contributed by atoms with van der Waals surface area (Å²) in [6.07, 6.45) is 0. The number of aliphatic hydroxyl groups excluding tert-OH is 1. The van der Waals surface area contributed by atoms with Crippen LogP contribution in [0.3, 0.4) is 0 Å². The Hall–Kier alpha value is -1.68. The van der Waals surface area contributed by atoms with E-state index in [0.717, 1.165) is 5.56 Å². The highest BCUT2D eigenvalue weighted by molar-refractivity contribution is 6.30. The van der Waals surface area contributed by atoms with Gasteiger partial charge < -0.3 is 5.11 Å². The van der Waals surface area contributed by atoms with Gasteiger partial charge in [-0.1, -0.05) is 48.9 Å². The number of hydrogen-bond donors (Lipinski definition) is 1. The zero-order chi connectivity index (χ0) is 15.9. The van der Waals surface area contributed by atoms with E-state index in [-0.39, 0.29) is 12.4 Å². The van der Waals surface area contributed by atoms with Gasteiger partial charge in [0.2, 0.25) is 0 Å². The number of carbonyl (C=O) groups excluding carboxylic acids is 1. The minimum atomic E-state index is -0.403. The van der Waals surface area contributed by atoms with Crippen molar-refractivity contribution in [2.75, 3.05) is 19.7 Å². The fourth-order valence-corrected chi connectivity index (χ4v) is 2.66. The summed E-state index contributed by atoms with van der Waals surface area (Å²) in [4.78, 5) is 14.9. The monoisotopic (exact) mass is 317 g/mol. The Morgan fingerprint density at radius 2 is 1.77 bits per heavy atom. The molecule has 0 saturated heterocycles. The van der Waals surface area contributed by atoms with Gasteiger partial charge in [0.25, 0.3) is 0 Å². The molecule has 0 fully saturated rings. The molecule has 0 saturated carbocycles. The summed E-state index contributed by atoms with van der Waals surface area (Å²) in [5.41, 5.74) is 1.55. The van der Waals surface area contributed by atoms with Crippen molar-refractivity contribution in [2.24, 2.45) is 0 Å². The molecule has 0 spiro atoms. The molecule has 22 heavy (non-hydrogen) atoms. The third kappa shape index (κ3) is 3.95. The van der Waals surface area contributed by atoms with E-state index in [2.05, 4.69) is 0 Å². The Labute approximate surface area is 136 Å². The van der Waals surface area contributed by atoms with Gasteiger partial charge in [0.15, 0.2) is 5.78 Å². The molecule has 2 aromatic carbocycles. The lowest BCUT2D eigenvalue weighted by Gasteiger charge is -2.29. The predicted molar refractivity (Wildman–Crippen MR) is 89.3 cm³/mol. The lowest BCUT2D eigenvalue weighted by molar-refractivity contribution is 0.0793. The van der Waals surface area contributed by atoms with Crippen molar-refractivity contribution in [1.29, 1.82) is 0 Å². The van der Waals surface area contributed by atoms with Gasteiger partial charge in [-0.15, -0.1) is 0 Å². The van der Waals surface area contributed by atoms with Gasteiger partial charge in [0.1, 0.15) is 0 Å². The van der Waals surface area contributed by atoms with Gasteiger partial charge in [-0.05, 0) is 36.4 Å². The molecule has 4 heteroatoms. The smallest absolute Gasteiger partial charge is 0.184 e. The molecule has 0 aliphatic rings. The number of carbonyl (C=O) groups is 1. The van der Waals surface area contributed by atoms with Crippen LogP contribution >= 0.6 is 11.6 Å². The first-order valence-corrected chi connectivity index (χ1v) is 7.74. The fourth-order valence-electron chi connectivity index (χ4n) is 2.53.